The van der Waals surface area contributed by atoms with Crippen LogP contribution in [0.25, 0.3) is 23.1 Å². The van der Waals surface area contributed by atoms with Crippen LogP contribution in [0.4, 0.5) is 5.82 Å². The van der Waals surface area contributed by atoms with E-state index in [0.717, 1.165) is 33.6 Å². The van der Waals surface area contributed by atoms with E-state index in [1.54, 1.807) is 12.1 Å². The second kappa shape index (κ2) is 8.13. The number of allylic oxidation sites excluding steroid dienone is 2. The maximum atomic E-state index is 9.51. The van der Waals surface area contributed by atoms with Crippen molar-refractivity contribution in [3.63, 3.8) is 0 Å². The Bertz CT molecular complexity index is 951. The summed E-state index contributed by atoms with van der Waals surface area (Å²) in [5.74, 6) is 1.17. The number of hydrogen-bond donors (Lipinski definition) is 1. The van der Waals surface area contributed by atoms with E-state index in [1.807, 2.05) is 56.9 Å². The van der Waals surface area contributed by atoms with Crippen LogP contribution in [0.1, 0.15) is 18.2 Å². The molecule has 0 aliphatic heterocycles. The van der Waals surface area contributed by atoms with Crippen LogP contribution >= 0.6 is 45.7 Å². The van der Waals surface area contributed by atoms with E-state index >= 15 is 0 Å². The first-order chi connectivity index (χ1) is 12.0. The van der Waals surface area contributed by atoms with Gasteiger partial charge in [0.25, 0.3) is 0 Å². The lowest BCUT2D eigenvalue weighted by atomic mass is 10.1. The molecule has 2 heterocycles. The van der Waals surface area contributed by atoms with Crippen molar-refractivity contribution in [3.8, 4) is 5.75 Å². The molecule has 0 amide bonds. The summed E-state index contributed by atoms with van der Waals surface area (Å²) in [6, 6.07) is 13.1. The van der Waals surface area contributed by atoms with E-state index in [-0.39, 0.29) is 5.75 Å². The highest BCUT2D eigenvalue weighted by Gasteiger charge is 1.99. The van der Waals surface area contributed by atoms with Gasteiger partial charge in [0.2, 0.25) is 0 Å². The first-order valence-electron chi connectivity index (χ1n) is 7.55. The highest BCUT2D eigenvalue weighted by molar-refractivity contribution is 14.2. The molecule has 3 aromatic rings. The van der Waals surface area contributed by atoms with E-state index in [2.05, 4.69) is 61.8 Å². The van der Waals surface area contributed by atoms with E-state index in [0.29, 0.717) is 0 Å². The highest BCUT2D eigenvalue weighted by atomic mass is 127. The number of anilines is 1. The summed E-state index contributed by atoms with van der Waals surface area (Å²) in [7, 11) is 0. The van der Waals surface area contributed by atoms with Crippen molar-refractivity contribution in [2.75, 3.05) is 1.33 Å². The number of phenolic OH excluding ortho intramolecular Hbond substituents is 1. The number of pyridine rings is 2. The zero-order chi connectivity index (χ0) is 17.8. The second-order valence-electron chi connectivity index (χ2n) is 5.52. The summed E-state index contributed by atoms with van der Waals surface area (Å²) in [6.07, 6.45) is 7.96. The Morgan fingerprint density at radius 3 is 2.68 bits per heavy atom. The Labute approximate surface area is 174 Å². The molecular formula is C19H15I2N3O. The zero-order valence-electron chi connectivity index (χ0n) is 13.4. The molecule has 2 aromatic heterocycles. The molecule has 0 atom stereocenters. The minimum absolute atomic E-state index is 0.254. The quantitative estimate of drug-likeness (QED) is 0.246. The molecule has 0 saturated heterocycles. The molecule has 0 aliphatic carbocycles. The molecule has 0 radical (unpaired) electrons. The number of fused-ring (bicyclic) bond motifs is 1. The second-order valence-corrected chi connectivity index (χ2v) is 9.29. The number of phenols is 1. The molecule has 0 aliphatic rings. The molecule has 0 fully saturated rings. The maximum absolute atomic E-state index is 9.51. The van der Waals surface area contributed by atoms with Crippen LogP contribution in [0.5, 0.6) is 5.75 Å². The van der Waals surface area contributed by atoms with Gasteiger partial charge >= 0.3 is 0 Å². The fourth-order valence-electron chi connectivity index (χ4n) is 2.33. The Hall–Kier alpha value is -1.68. The van der Waals surface area contributed by atoms with Crippen LogP contribution < -0.4 is 1.33 Å². The van der Waals surface area contributed by atoms with Crippen LogP contribution in [0.3, 0.4) is 0 Å². The number of aromatic hydroxyl groups is 1. The average molecular weight is 555 g/mol. The van der Waals surface area contributed by atoms with Crippen LogP contribution in [0, 0.1) is 0 Å². The highest BCUT2D eigenvalue weighted by Crippen LogP contribution is 2.21. The lowest BCUT2D eigenvalue weighted by Crippen LogP contribution is -1.92. The van der Waals surface area contributed by atoms with Crippen LogP contribution in [-0.4, -0.2) is 15.1 Å². The lowest BCUT2D eigenvalue weighted by molar-refractivity contribution is 0.476. The van der Waals surface area contributed by atoms with Crippen LogP contribution in [0.15, 0.2) is 60.3 Å². The molecule has 0 saturated carbocycles. The molecule has 3 rings (SSSR count). The van der Waals surface area contributed by atoms with Gasteiger partial charge in [-0.25, -0.2) is 11.3 Å². The van der Waals surface area contributed by atoms with Gasteiger partial charge < -0.3 is 5.11 Å². The molecule has 1 aromatic carbocycles. The third-order valence-electron chi connectivity index (χ3n) is 3.55. The van der Waals surface area contributed by atoms with E-state index in [1.165, 1.54) is 0 Å². The van der Waals surface area contributed by atoms with E-state index in [4.69, 9.17) is 0 Å². The average Bonchev–Trinajstić information content (AvgIpc) is 2.60. The van der Waals surface area contributed by atoms with Crippen molar-refractivity contribution in [3.05, 3.63) is 71.6 Å². The molecule has 4 nitrogen and oxygen atoms in total. The number of rotatable bonds is 4. The summed E-state index contributed by atoms with van der Waals surface area (Å²) in [4.78, 5) is 8.98. The van der Waals surface area contributed by atoms with Gasteiger partial charge in [0.1, 0.15) is 11.6 Å². The Balaban J connectivity index is 1.77. The van der Waals surface area contributed by atoms with Crippen molar-refractivity contribution in [2.45, 2.75) is 6.92 Å². The van der Waals surface area contributed by atoms with Gasteiger partial charge in [-0.15, -0.1) is 0 Å². The molecular weight excluding hydrogens is 540 g/mol. The monoisotopic (exact) mass is 555 g/mol. The summed E-state index contributed by atoms with van der Waals surface area (Å²) in [5.41, 5.74) is 3.92. The van der Waals surface area contributed by atoms with Crippen molar-refractivity contribution in [1.82, 2.24) is 9.97 Å². The number of nitrogens with zero attached hydrogens (tertiary/aromatic N) is 3. The maximum Gasteiger partial charge on any atom is 0.146 e. The number of hydrogen-bond acceptors (Lipinski definition) is 4. The standard InChI is InChI=1S/C19H15I2N3O/c1-13(10-14-3-9-19(22-12-14)24(20)21)2-5-16-6-4-15-11-17(25)7-8-18(15)23-16/h2-12,25H,1H3/b5-2+,13-10-. The van der Waals surface area contributed by atoms with Crippen molar-refractivity contribution in [2.24, 2.45) is 0 Å². The summed E-state index contributed by atoms with van der Waals surface area (Å²) < 4.78 is 1.92. The van der Waals surface area contributed by atoms with Gasteiger partial charge in [-0.05, 0) is 55.0 Å². The Kier molecular flexibility index (Phi) is 5.89. The lowest BCUT2D eigenvalue weighted by Gasteiger charge is -2.05. The fraction of sp³-hybridized carbons (Fsp3) is 0.0526. The first-order valence-corrected chi connectivity index (χ1v) is 9.48. The van der Waals surface area contributed by atoms with Gasteiger partial charge in [-0.2, -0.15) is 0 Å². The minimum atomic E-state index is 0.254. The van der Waals surface area contributed by atoms with Gasteiger partial charge in [-0.3, -0.25) is 0 Å². The Morgan fingerprint density at radius 2 is 1.96 bits per heavy atom. The van der Waals surface area contributed by atoms with Gasteiger partial charge in [0.05, 0.1) is 56.9 Å². The zero-order valence-corrected chi connectivity index (χ0v) is 17.7. The molecule has 25 heavy (non-hydrogen) atoms. The SMILES string of the molecule is CC(=C/c1ccc(N(I)I)nc1)/C=C/c1ccc2cc(O)ccc2n1. The molecule has 0 bridgehead atoms. The number of aromatic nitrogens is 2. The van der Waals surface area contributed by atoms with Gasteiger partial charge in [-0.1, -0.05) is 23.8 Å². The third kappa shape index (κ3) is 4.91. The molecule has 126 valence electrons. The predicted octanol–water partition coefficient (Wildman–Crippen LogP) is 5.96. The van der Waals surface area contributed by atoms with E-state index in [9.17, 15) is 5.11 Å². The van der Waals surface area contributed by atoms with E-state index < -0.39 is 0 Å². The smallest absolute Gasteiger partial charge is 0.146 e. The number of halogens is 2. The third-order valence-corrected chi connectivity index (χ3v) is 4.54. The van der Waals surface area contributed by atoms with Crippen molar-refractivity contribution < 1.29 is 5.11 Å². The first kappa shape index (κ1) is 18.1. The predicted molar refractivity (Wildman–Crippen MR) is 121 cm³/mol. The van der Waals surface area contributed by atoms with Gasteiger partial charge in [0, 0.05) is 11.6 Å². The largest absolute Gasteiger partial charge is 0.508 e. The summed E-state index contributed by atoms with van der Waals surface area (Å²) >= 11 is 4.37. The minimum Gasteiger partial charge on any atom is -0.508 e. The normalized spacial score (nSPS) is 12.0. The fourth-order valence-corrected chi connectivity index (χ4v) is 2.90. The summed E-state index contributed by atoms with van der Waals surface area (Å²) in [6.45, 7) is 2.05. The van der Waals surface area contributed by atoms with Crippen LogP contribution in [-0.2, 0) is 0 Å². The van der Waals surface area contributed by atoms with Gasteiger partial charge in [0.15, 0.2) is 0 Å². The Morgan fingerprint density at radius 1 is 1.12 bits per heavy atom. The van der Waals surface area contributed by atoms with Crippen molar-refractivity contribution in [1.29, 1.82) is 0 Å². The molecule has 0 unspecified atom stereocenters. The summed E-state index contributed by atoms with van der Waals surface area (Å²) in [5, 5.41) is 10.4. The molecule has 0 spiro atoms. The number of benzene rings is 1. The van der Waals surface area contributed by atoms with Crippen LogP contribution in [0.2, 0.25) is 0 Å². The topological polar surface area (TPSA) is 49.2 Å². The van der Waals surface area contributed by atoms with Crippen molar-refractivity contribution >= 4 is 74.6 Å². The molecule has 6 heteroatoms. The molecule has 1 N–H and O–H groups in total.